The molecule has 18 heavy (non-hydrogen) atoms. The molecule has 0 aliphatic rings. The van der Waals surface area contributed by atoms with Crippen LogP contribution in [-0.2, 0) is 0 Å². The first kappa shape index (κ1) is 17.5. The summed E-state index contributed by atoms with van der Waals surface area (Å²) in [6.07, 6.45) is -2.33. The van der Waals surface area contributed by atoms with Crippen LogP contribution in [0.4, 0.5) is 22.0 Å². The van der Waals surface area contributed by atoms with Crippen LogP contribution in [0.5, 0.6) is 0 Å². The van der Waals surface area contributed by atoms with Crippen molar-refractivity contribution in [2.24, 2.45) is 0 Å². The van der Waals surface area contributed by atoms with Crippen molar-refractivity contribution >= 4 is 0 Å². The van der Waals surface area contributed by atoms with Gasteiger partial charge in [0.05, 0.1) is 0 Å². The van der Waals surface area contributed by atoms with Crippen LogP contribution in [0.2, 0.25) is 0 Å². The molecule has 0 saturated heterocycles. The number of alkyl halides is 5. The van der Waals surface area contributed by atoms with Crippen LogP contribution in [-0.4, -0.2) is 39.3 Å². The van der Waals surface area contributed by atoms with E-state index in [9.17, 15) is 22.0 Å². The quantitative estimate of drug-likeness (QED) is 0.363. The van der Waals surface area contributed by atoms with Crippen molar-refractivity contribution in [1.29, 1.82) is 0 Å². The SMILES string of the molecule is CCCCCCC(F)C(F)(F)C(F)(F)C(O)(O)O. The Morgan fingerprint density at radius 1 is 0.944 bits per heavy atom. The predicted molar refractivity (Wildman–Crippen MR) is 52.9 cm³/mol. The summed E-state index contributed by atoms with van der Waals surface area (Å²) in [6, 6.07) is 0. The second-order valence-corrected chi connectivity index (χ2v) is 4.15. The summed E-state index contributed by atoms with van der Waals surface area (Å²) in [5, 5.41) is 24.5. The Bertz CT molecular complexity index is 252. The van der Waals surface area contributed by atoms with Crippen LogP contribution in [0, 0.1) is 0 Å². The lowest BCUT2D eigenvalue weighted by molar-refractivity contribution is -0.450. The van der Waals surface area contributed by atoms with Crippen molar-refractivity contribution in [3.05, 3.63) is 0 Å². The van der Waals surface area contributed by atoms with Crippen LogP contribution in [0.25, 0.3) is 0 Å². The highest BCUT2D eigenvalue weighted by Crippen LogP contribution is 2.44. The molecule has 3 N–H and O–H groups in total. The third-order valence-electron chi connectivity index (χ3n) is 2.54. The summed E-state index contributed by atoms with van der Waals surface area (Å²) in [4.78, 5) is 0. The molecule has 0 heterocycles. The van der Waals surface area contributed by atoms with Gasteiger partial charge in [0, 0.05) is 0 Å². The van der Waals surface area contributed by atoms with Crippen molar-refractivity contribution in [3.8, 4) is 0 Å². The van der Waals surface area contributed by atoms with Gasteiger partial charge in [-0.2, -0.15) is 17.6 Å². The van der Waals surface area contributed by atoms with Crippen LogP contribution in [0.1, 0.15) is 39.0 Å². The zero-order valence-electron chi connectivity index (χ0n) is 9.84. The highest BCUT2D eigenvalue weighted by molar-refractivity contribution is 4.95. The lowest BCUT2D eigenvalue weighted by Gasteiger charge is -2.33. The lowest BCUT2D eigenvalue weighted by atomic mass is 9.99. The summed E-state index contributed by atoms with van der Waals surface area (Å²) in [7, 11) is 0. The van der Waals surface area contributed by atoms with Gasteiger partial charge >= 0.3 is 17.8 Å². The zero-order chi connectivity index (χ0) is 14.6. The van der Waals surface area contributed by atoms with Gasteiger partial charge in [-0.05, 0) is 6.42 Å². The van der Waals surface area contributed by atoms with Crippen LogP contribution < -0.4 is 0 Å². The Kier molecular flexibility index (Phi) is 5.96. The van der Waals surface area contributed by atoms with E-state index in [1.54, 1.807) is 0 Å². The zero-order valence-corrected chi connectivity index (χ0v) is 9.84. The molecule has 8 heteroatoms. The standard InChI is InChI=1S/C10H17F5O3/c1-2-3-4-5-6-7(11)8(12,13)9(14,15)10(16,17)18/h7,16-18H,2-6H2,1H3. The molecule has 110 valence electrons. The minimum atomic E-state index is -5.69. The monoisotopic (exact) mass is 280 g/mol. The molecule has 0 aromatic carbocycles. The number of aliphatic hydroxyl groups is 3. The Morgan fingerprint density at radius 2 is 1.44 bits per heavy atom. The number of rotatable bonds is 8. The van der Waals surface area contributed by atoms with E-state index in [2.05, 4.69) is 0 Å². The van der Waals surface area contributed by atoms with Crippen molar-refractivity contribution in [1.82, 2.24) is 0 Å². The molecule has 3 nitrogen and oxygen atoms in total. The molecule has 0 radical (unpaired) electrons. The number of halogens is 5. The first-order valence-electron chi connectivity index (χ1n) is 5.55. The van der Waals surface area contributed by atoms with Gasteiger partial charge in [0.2, 0.25) is 0 Å². The maximum absolute atomic E-state index is 13.1. The van der Waals surface area contributed by atoms with E-state index in [0.717, 1.165) is 6.42 Å². The molecule has 0 bridgehead atoms. The van der Waals surface area contributed by atoms with Crippen LogP contribution in [0.15, 0.2) is 0 Å². The molecule has 0 aliphatic carbocycles. The number of unbranched alkanes of at least 4 members (excludes halogenated alkanes) is 3. The predicted octanol–water partition coefficient (Wildman–Crippen LogP) is 2.20. The van der Waals surface area contributed by atoms with Gasteiger partial charge in [-0.1, -0.05) is 32.6 Å². The second kappa shape index (κ2) is 6.12. The molecule has 1 atom stereocenters. The van der Waals surface area contributed by atoms with Crippen molar-refractivity contribution in [2.45, 2.75) is 63.0 Å². The smallest absolute Gasteiger partial charge is 0.339 e. The highest BCUT2D eigenvalue weighted by Gasteiger charge is 2.72. The fourth-order valence-electron chi connectivity index (χ4n) is 1.35. The largest absolute Gasteiger partial charge is 0.391 e. The molecule has 0 aromatic rings. The molecule has 0 fully saturated rings. The number of hydrogen-bond donors (Lipinski definition) is 3. The first-order valence-corrected chi connectivity index (χ1v) is 5.55. The van der Waals surface area contributed by atoms with Gasteiger partial charge in [0.1, 0.15) is 0 Å². The van der Waals surface area contributed by atoms with E-state index in [4.69, 9.17) is 15.3 Å². The second-order valence-electron chi connectivity index (χ2n) is 4.15. The van der Waals surface area contributed by atoms with Crippen molar-refractivity contribution in [2.75, 3.05) is 0 Å². The number of hydrogen-bond acceptors (Lipinski definition) is 3. The Balaban J connectivity index is 4.61. The fraction of sp³-hybridized carbons (Fsp3) is 1.00. The van der Waals surface area contributed by atoms with Crippen molar-refractivity contribution in [3.63, 3.8) is 0 Å². The van der Waals surface area contributed by atoms with Gasteiger partial charge < -0.3 is 15.3 Å². The summed E-state index contributed by atoms with van der Waals surface area (Å²) in [5.41, 5.74) is 0. The van der Waals surface area contributed by atoms with E-state index >= 15 is 0 Å². The van der Waals surface area contributed by atoms with E-state index in [-0.39, 0.29) is 6.42 Å². The maximum atomic E-state index is 13.1. The van der Waals surface area contributed by atoms with E-state index < -0.39 is 30.4 Å². The average molecular weight is 280 g/mol. The van der Waals surface area contributed by atoms with Crippen LogP contribution >= 0.6 is 0 Å². The molecule has 0 spiro atoms. The van der Waals surface area contributed by atoms with Gasteiger partial charge in [-0.25, -0.2) is 4.39 Å². The molecule has 1 unspecified atom stereocenters. The van der Waals surface area contributed by atoms with E-state index in [0.29, 0.717) is 12.8 Å². The maximum Gasteiger partial charge on any atom is 0.391 e. The minimum absolute atomic E-state index is 0.0318. The van der Waals surface area contributed by atoms with Crippen molar-refractivity contribution < 1.29 is 37.3 Å². The summed E-state index contributed by atoms with van der Waals surface area (Å²) < 4.78 is 64.6. The Labute approximate surface area is 101 Å². The van der Waals surface area contributed by atoms with Gasteiger partial charge in [-0.3, -0.25) is 0 Å². The topological polar surface area (TPSA) is 60.7 Å². The van der Waals surface area contributed by atoms with Gasteiger partial charge in [0.25, 0.3) is 0 Å². The first-order chi connectivity index (χ1) is 7.98. The third kappa shape index (κ3) is 3.76. The highest BCUT2D eigenvalue weighted by atomic mass is 19.3. The van der Waals surface area contributed by atoms with E-state index in [1.165, 1.54) is 0 Å². The molecular weight excluding hydrogens is 263 g/mol. The summed E-state index contributed by atoms with van der Waals surface area (Å²) in [5.74, 6) is -16.0. The average Bonchev–Trinajstić information content (AvgIpc) is 2.22. The normalized spacial score (nSPS) is 15.8. The lowest BCUT2D eigenvalue weighted by Crippen LogP contribution is -2.62. The van der Waals surface area contributed by atoms with E-state index in [1.807, 2.05) is 6.92 Å². The molecule has 0 saturated carbocycles. The minimum Gasteiger partial charge on any atom is -0.339 e. The van der Waals surface area contributed by atoms with Gasteiger partial charge in [-0.15, -0.1) is 0 Å². The summed E-state index contributed by atoms with van der Waals surface area (Å²) in [6.45, 7) is 1.83. The summed E-state index contributed by atoms with van der Waals surface area (Å²) >= 11 is 0. The molecule has 0 amide bonds. The van der Waals surface area contributed by atoms with Crippen LogP contribution in [0.3, 0.4) is 0 Å². The Hall–Kier alpha value is -0.470. The molecule has 0 aromatic heterocycles. The molecular formula is C10H17F5O3. The van der Waals surface area contributed by atoms with Gasteiger partial charge in [0.15, 0.2) is 6.17 Å². The Morgan fingerprint density at radius 3 is 1.83 bits per heavy atom. The third-order valence-corrected chi connectivity index (χ3v) is 2.54. The molecule has 0 rings (SSSR count). The fourth-order valence-corrected chi connectivity index (χ4v) is 1.35. The molecule has 0 aliphatic heterocycles.